The number of rotatable bonds is 11. The highest BCUT2D eigenvalue weighted by Gasteiger charge is 2.12. The Balaban J connectivity index is 1.54. The largest absolute Gasteiger partial charge is 0.461 e. The number of esters is 1. The molecule has 0 fully saturated rings. The maximum atomic E-state index is 11.9. The van der Waals surface area contributed by atoms with Gasteiger partial charge < -0.3 is 4.74 Å². The van der Waals surface area contributed by atoms with Gasteiger partial charge in [-0.15, -0.1) is 0 Å². The molecule has 2 aromatic carbocycles. The molecule has 0 N–H and O–H groups in total. The topological polar surface area (TPSA) is 69.7 Å². The van der Waals surface area contributed by atoms with E-state index in [0.29, 0.717) is 31.2 Å². The number of benzene rings is 2. The first-order valence-electron chi connectivity index (χ1n) is 8.66. The fraction of sp³-hybridized carbons (Fsp3) is 0.350. The summed E-state index contributed by atoms with van der Waals surface area (Å²) in [5.74, 6) is -0.369. The van der Waals surface area contributed by atoms with E-state index in [2.05, 4.69) is 0 Å². The maximum absolute atomic E-state index is 11.9. The van der Waals surface area contributed by atoms with E-state index in [1.165, 1.54) is 0 Å². The third-order valence-electron chi connectivity index (χ3n) is 3.72. The van der Waals surface area contributed by atoms with Gasteiger partial charge in [-0.3, -0.25) is 8.98 Å². The number of ether oxygens (including phenoxy) is 1. The molecule has 0 aromatic heterocycles. The zero-order chi connectivity index (χ0) is 18.7. The van der Waals surface area contributed by atoms with Gasteiger partial charge in [-0.25, -0.2) is 0 Å². The van der Waals surface area contributed by atoms with Crippen molar-refractivity contribution in [2.75, 3.05) is 6.61 Å². The average molecular weight is 376 g/mol. The van der Waals surface area contributed by atoms with E-state index >= 15 is 0 Å². The van der Waals surface area contributed by atoms with Crippen LogP contribution < -0.4 is 0 Å². The van der Waals surface area contributed by atoms with Crippen LogP contribution in [0.25, 0.3) is 0 Å². The fourth-order valence-electron chi connectivity index (χ4n) is 2.36. The van der Waals surface area contributed by atoms with Gasteiger partial charge in [0.2, 0.25) is 0 Å². The van der Waals surface area contributed by atoms with Crippen LogP contribution in [0.4, 0.5) is 0 Å². The second-order valence-corrected chi connectivity index (χ2v) is 7.61. The summed E-state index contributed by atoms with van der Waals surface area (Å²) >= 11 is 0. The van der Waals surface area contributed by atoms with Crippen LogP contribution in [-0.2, 0) is 36.2 Å². The number of hydrogen-bond acceptors (Lipinski definition) is 5. The lowest BCUT2D eigenvalue weighted by Crippen LogP contribution is -2.10. The predicted octanol–water partition coefficient (Wildman–Crippen LogP) is 3.84. The zero-order valence-electron chi connectivity index (χ0n) is 14.7. The van der Waals surface area contributed by atoms with Crippen molar-refractivity contribution in [2.24, 2.45) is 0 Å². The van der Waals surface area contributed by atoms with Crippen LogP contribution in [0.15, 0.2) is 60.7 Å². The minimum Gasteiger partial charge on any atom is -0.461 e. The van der Waals surface area contributed by atoms with E-state index < -0.39 is 10.1 Å². The molecule has 2 aromatic rings. The molecule has 6 heteroatoms. The molecule has 0 atom stereocenters. The normalized spacial score (nSPS) is 11.2. The monoisotopic (exact) mass is 376 g/mol. The quantitative estimate of drug-likeness (QED) is 0.339. The van der Waals surface area contributed by atoms with Gasteiger partial charge >= 0.3 is 5.97 Å². The van der Waals surface area contributed by atoms with Crippen molar-refractivity contribution < 1.29 is 22.1 Å². The number of carbonyl (C=O) groups is 1. The highest BCUT2D eigenvalue weighted by molar-refractivity contribution is 7.85. The molecule has 0 aliphatic heterocycles. The van der Waals surface area contributed by atoms with Crippen LogP contribution in [0.3, 0.4) is 0 Å². The van der Waals surface area contributed by atoms with Gasteiger partial charge in [0.1, 0.15) is 12.4 Å². The molecule has 140 valence electrons. The summed E-state index contributed by atoms with van der Waals surface area (Å²) < 4.78 is 33.9. The zero-order valence-corrected chi connectivity index (χ0v) is 15.5. The maximum Gasteiger partial charge on any atom is 0.306 e. The van der Waals surface area contributed by atoms with E-state index in [0.717, 1.165) is 5.56 Å². The Bertz CT molecular complexity index is 757. The number of unbranched alkanes of at least 4 members (excludes halogenated alkanes) is 2. The molecule has 0 unspecified atom stereocenters. The van der Waals surface area contributed by atoms with E-state index in [1.54, 1.807) is 24.3 Å². The molecule has 0 amide bonds. The van der Waals surface area contributed by atoms with E-state index in [4.69, 9.17) is 8.92 Å². The van der Waals surface area contributed by atoms with Crippen molar-refractivity contribution in [1.29, 1.82) is 0 Å². The van der Waals surface area contributed by atoms with Gasteiger partial charge in [0.25, 0.3) is 10.1 Å². The van der Waals surface area contributed by atoms with Crippen LogP contribution in [0.2, 0.25) is 0 Å². The Hall–Kier alpha value is -2.18. The molecule has 0 spiro atoms. The van der Waals surface area contributed by atoms with Gasteiger partial charge in [-0.2, -0.15) is 8.42 Å². The molecule has 5 nitrogen and oxygen atoms in total. The third-order valence-corrected chi connectivity index (χ3v) is 4.93. The van der Waals surface area contributed by atoms with Crippen molar-refractivity contribution in [3.05, 3.63) is 71.8 Å². The van der Waals surface area contributed by atoms with Crippen molar-refractivity contribution in [3.8, 4) is 0 Å². The molecular formula is C20H24O5S. The summed E-state index contributed by atoms with van der Waals surface area (Å²) in [6.45, 7) is 0.411. The van der Waals surface area contributed by atoms with Crippen molar-refractivity contribution in [1.82, 2.24) is 0 Å². The second kappa shape index (κ2) is 10.7. The van der Waals surface area contributed by atoms with Gasteiger partial charge in [0.05, 0.1) is 6.61 Å². The van der Waals surface area contributed by atoms with Gasteiger partial charge in [-0.1, -0.05) is 67.1 Å². The van der Waals surface area contributed by atoms with Crippen LogP contribution in [0.1, 0.15) is 36.8 Å². The Kier molecular flexibility index (Phi) is 8.31. The predicted molar refractivity (Wildman–Crippen MR) is 99.7 cm³/mol. The van der Waals surface area contributed by atoms with Crippen molar-refractivity contribution in [2.45, 2.75) is 38.0 Å². The molecule has 2 rings (SSSR count). The van der Waals surface area contributed by atoms with Gasteiger partial charge in [0.15, 0.2) is 0 Å². The lowest BCUT2D eigenvalue weighted by atomic mass is 10.2. The first-order chi connectivity index (χ1) is 12.6. The molecule has 0 saturated carbocycles. The van der Waals surface area contributed by atoms with Crippen LogP contribution in [0.5, 0.6) is 0 Å². The lowest BCUT2D eigenvalue weighted by Gasteiger charge is -2.06. The molecule has 0 aliphatic rings. The van der Waals surface area contributed by atoms with E-state index in [-0.39, 0.29) is 24.9 Å². The van der Waals surface area contributed by atoms with Crippen LogP contribution in [0, 0.1) is 0 Å². The smallest absolute Gasteiger partial charge is 0.306 e. The van der Waals surface area contributed by atoms with Crippen molar-refractivity contribution in [3.63, 3.8) is 0 Å². The van der Waals surface area contributed by atoms with Crippen LogP contribution >= 0.6 is 0 Å². The molecule has 0 bridgehead atoms. The van der Waals surface area contributed by atoms with Crippen molar-refractivity contribution >= 4 is 16.1 Å². The summed E-state index contributed by atoms with van der Waals surface area (Å²) in [7, 11) is -3.57. The van der Waals surface area contributed by atoms with Gasteiger partial charge in [-0.05, 0) is 24.0 Å². The Morgan fingerprint density at radius 1 is 0.808 bits per heavy atom. The van der Waals surface area contributed by atoms with Crippen LogP contribution in [-0.4, -0.2) is 21.0 Å². The molecular weight excluding hydrogens is 352 g/mol. The fourth-order valence-corrected chi connectivity index (χ4v) is 3.42. The standard InChI is InChI=1S/C20H24O5S/c21-20(24-16-18-10-4-1-5-11-18)14-8-3-9-15-25-26(22,23)17-19-12-6-2-7-13-19/h1-2,4-7,10-13H,3,8-9,14-17H2. The highest BCUT2D eigenvalue weighted by atomic mass is 32.2. The second-order valence-electron chi connectivity index (χ2n) is 5.97. The number of carbonyl (C=O) groups excluding carboxylic acids is 1. The molecule has 0 aliphatic carbocycles. The minimum absolute atomic E-state index is 0.125. The third kappa shape index (κ3) is 8.27. The summed E-state index contributed by atoms with van der Waals surface area (Å²) in [5, 5.41) is 0. The molecule has 0 radical (unpaired) electrons. The first kappa shape index (κ1) is 20.1. The van der Waals surface area contributed by atoms with E-state index in [1.807, 2.05) is 36.4 Å². The summed E-state index contributed by atoms with van der Waals surface area (Å²) in [5.41, 5.74) is 1.66. The number of hydrogen-bond donors (Lipinski definition) is 0. The lowest BCUT2D eigenvalue weighted by molar-refractivity contribution is -0.145. The highest BCUT2D eigenvalue weighted by Crippen LogP contribution is 2.09. The van der Waals surface area contributed by atoms with Gasteiger partial charge in [0, 0.05) is 6.42 Å². The Labute approximate surface area is 155 Å². The molecule has 26 heavy (non-hydrogen) atoms. The van der Waals surface area contributed by atoms with E-state index in [9.17, 15) is 13.2 Å². The summed E-state index contributed by atoms with van der Waals surface area (Å²) in [6, 6.07) is 18.4. The minimum atomic E-state index is -3.57. The summed E-state index contributed by atoms with van der Waals surface area (Å²) in [6.07, 6.45) is 2.26. The first-order valence-corrected chi connectivity index (χ1v) is 10.2. The summed E-state index contributed by atoms with van der Waals surface area (Å²) in [4.78, 5) is 11.7. The molecule has 0 heterocycles. The Morgan fingerprint density at radius 3 is 2.08 bits per heavy atom. The molecule has 0 saturated heterocycles. The SMILES string of the molecule is O=C(CCCCCOS(=O)(=O)Cc1ccccc1)OCc1ccccc1. The average Bonchev–Trinajstić information content (AvgIpc) is 2.64. The Morgan fingerprint density at radius 2 is 1.42 bits per heavy atom.